The number of thiophene rings is 2. The summed E-state index contributed by atoms with van der Waals surface area (Å²) in [6.45, 7) is 4.61. The number of carbonyl (C=O) groups is 1. The Morgan fingerprint density at radius 2 is 2.14 bits per heavy atom. The van der Waals surface area contributed by atoms with Gasteiger partial charge in [0.1, 0.15) is 0 Å². The van der Waals surface area contributed by atoms with Crippen molar-refractivity contribution >= 4 is 48.1 Å². The molecule has 2 aromatic heterocycles. The summed E-state index contributed by atoms with van der Waals surface area (Å²) in [7, 11) is 0. The number of hydrogen-bond donors (Lipinski definition) is 1. The molecule has 0 saturated carbocycles. The van der Waals surface area contributed by atoms with Gasteiger partial charge in [-0.3, -0.25) is 4.79 Å². The van der Waals surface area contributed by atoms with E-state index in [9.17, 15) is 4.79 Å². The second-order valence-electron chi connectivity index (χ2n) is 5.51. The van der Waals surface area contributed by atoms with Gasteiger partial charge in [-0.2, -0.15) is 0 Å². The number of amides is 1. The highest BCUT2D eigenvalue weighted by atomic mass is 32.1. The monoisotopic (exact) mass is 316 g/mol. The molecule has 1 aliphatic rings. The van der Waals surface area contributed by atoms with Crippen LogP contribution in [0.25, 0.3) is 19.5 Å². The second-order valence-corrected chi connectivity index (χ2v) is 7.64. The molecule has 3 nitrogen and oxygen atoms in total. The Hall–Kier alpha value is -1.43. The number of nitrogens with zero attached hydrogens (tertiary/aromatic N) is 1. The maximum Gasteiger partial charge on any atom is 0.264 e. The van der Waals surface area contributed by atoms with Gasteiger partial charge in [-0.05, 0) is 19.1 Å². The van der Waals surface area contributed by atoms with Crippen LogP contribution in [0.2, 0.25) is 0 Å². The first-order chi connectivity index (χ1) is 10.2. The standard InChI is InChI=1S/C16H16N2OS2/c1-10-9-18(7-6-17-10)16(19)14-8-13-15(21-14)11-4-2-3-5-12(11)20-13/h2-5,8,10,17H,6-7,9H2,1H3. The molecule has 21 heavy (non-hydrogen) atoms. The van der Waals surface area contributed by atoms with Crippen LogP contribution in [0.4, 0.5) is 0 Å². The Bertz CT molecular complexity index is 820. The van der Waals surface area contributed by atoms with Crippen LogP contribution in [0, 0.1) is 0 Å². The molecule has 1 saturated heterocycles. The summed E-state index contributed by atoms with van der Waals surface area (Å²) in [6.07, 6.45) is 0. The average Bonchev–Trinajstić information content (AvgIpc) is 3.04. The van der Waals surface area contributed by atoms with Gasteiger partial charge in [0, 0.05) is 40.5 Å². The van der Waals surface area contributed by atoms with Crippen molar-refractivity contribution in [2.24, 2.45) is 0 Å². The minimum Gasteiger partial charge on any atom is -0.335 e. The van der Waals surface area contributed by atoms with E-state index in [4.69, 9.17) is 0 Å². The lowest BCUT2D eigenvalue weighted by molar-refractivity contribution is 0.0714. The summed E-state index contributed by atoms with van der Waals surface area (Å²) >= 11 is 3.41. The van der Waals surface area contributed by atoms with Gasteiger partial charge in [-0.1, -0.05) is 18.2 Å². The Balaban J connectivity index is 1.71. The predicted molar refractivity (Wildman–Crippen MR) is 90.6 cm³/mol. The molecule has 5 heteroatoms. The molecule has 3 aromatic rings. The predicted octanol–water partition coefficient (Wildman–Crippen LogP) is 3.55. The molecule has 3 heterocycles. The molecular formula is C16H16N2OS2. The molecule has 1 N–H and O–H groups in total. The van der Waals surface area contributed by atoms with Crippen molar-refractivity contribution in [2.45, 2.75) is 13.0 Å². The Morgan fingerprint density at radius 3 is 3.00 bits per heavy atom. The Kier molecular flexibility index (Phi) is 3.21. The number of hydrogen-bond acceptors (Lipinski definition) is 4. The van der Waals surface area contributed by atoms with Gasteiger partial charge in [0.2, 0.25) is 0 Å². The van der Waals surface area contributed by atoms with Gasteiger partial charge in [-0.15, -0.1) is 22.7 Å². The maximum atomic E-state index is 12.7. The van der Waals surface area contributed by atoms with Crippen LogP contribution < -0.4 is 5.32 Å². The molecule has 0 aliphatic carbocycles. The van der Waals surface area contributed by atoms with Crippen molar-refractivity contribution in [1.82, 2.24) is 10.2 Å². The van der Waals surface area contributed by atoms with Gasteiger partial charge in [0.05, 0.1) is 9.58 Å². The summed E-state index contributed by atoms with van der Waals surface area (Å²) in [4.78, 5) is 15.5. The fourth-order valence-corrected chi connectivity index (χ4v) is 5.37. The van der Waals surface area contributed by atoms with E-state index >= 15 is 0 Å². The Morgan fingerprint density at radius 1 is 1.29 bits per heavy atom. The topological polar surface area (TPSA) is 32.3 Å². The lowest BCUT2D eigenvalue weighted by Crippen LogP contribution is -2.51. The normalized spacial score (nSPS) is 19.5. The van der Waals surface area contributed by atoms with Gasteiger partial charge in [-0.25, -0.2) is 0 Å². The van der Waals surface area contributed by atoms with E-state index in [1.54, 1.807) is 22.7 Å². The van der Waals surface area contributed by atoms with Gasteiger partial charge < -0.3 is 10.2 Å². The fraction of sp³-hybridized carbons (Fsp3) is 0.312. The van der Waals surface area contributed by atoms with Crippen molar-refractivity contribution < 1.29 is 4.79 Å². The minimum absolute atomic E-state index is 0.181. The van der Waals surface area contributed by atoms with Crippen LogP contribution >= 0.6 is 22.7 Å². The van der Waals surface area contributed by atoms with Gasteiger partial charge in [0.15, 0.2) is 0 Å². The summed E-state index contributed by atoms with van der Waals surface area (Å²) in [5, 5.41) is 4.65. The highest BCUT2D eigenvalue weighted by Gasteiger charge is 2.23. The van der Waals surface area contributed by atoms with Crippen molar-refractivity contribution in [3.05, 3.63) is 35.2 Å². The summed E-state index contributed by atoms with van der Waals surface area (Å²) in [5.74, 6) is 0.181. The highest BCUT2D eigenvalue weighted by Crippen LogP contribution is 2.39. The average molecular weight is 316 g/mol. The number of carbonyl (C=O) groups excluding carboxylic acids is 1. The molecule has 1 atom stereocenters. The van der Waals surface area contributed by atoms with Crippen LogP contribution in [-0.4, -0.2) is 36.5 Å². The van der Waals surface area contributed by atoms with Crippen LogP contribution in [0.5, 0.6) is 0 Å². The third kappa shape index (κ3) is 2.25. The number of benzene rings is 1. The minimum atomic E-state index is 0.181. The van der Waals surface area contributed by atoms with E-state index < -0.39 is 0 Å². The number of piperazine rings is 1. The van der Waals surface area contributed by atoms with E-state index in [0.717, 1.165) is 24.5 Å². The molecule has 0 bridgehead atoms. The summed E-state index contributed by atoms with van der Waals surface area (Å²) in [5.41, 5.74) is 0. The molecule has 108 valence electrons. The zero-order chi connectivity index (χ0) is 14.4. The van der Waals surface area contributed by atoms with Crippen molar-refractivity contribution in [1.29, 1.82) is 0 Å². The fourth-order valence-electron chi connectivity index (χ4n) is 2.88. The van der Waals surface area contributed by atoms with E-state index in [1.165, 1.54) is 19.5 Å². The maximum absolute atomic E-state index is 12.7. The first-order valence-corrected chi connectivity index (χ1v) is 8.79. The SMILES string of the molecule is CC1CN(C(=O)c2cc3sc4ccccc4c3s2)CCN1. The molecule has 1 aliphatic heterocycles. The van der Waals surface area contributed by atoms with E-state index in [2.05, 4.69) is 42.6 Å². The van der Waals surface area contributed by atoms with Crippen LogP contribution in [0.3, 0.4) is 0 Å². The van der Waals surface area contributed by atoms with Crippen molar-refractivity contribution in [2.75, 3.05) is 19.6 Å². The van der Waals surface area contributed by atoms with Crippen LogP contribution in [0.15, 0.2) is 30.3 Å². The molecule has 4 rings (SSSR count). The summed E-state index contributed by atoms with van der Waals surface area (Å²) in [6, 6.07) is 10.9. The molecular weight excluding hydrogens is 300 g/mol. The van der Waals surface area contributed by atoms with Crippen molar-refractivity contribution in [3.63, 3.8) is 0 Å². The Labute approximate surface area is 131 Å². The zero-order valence-corrected chi connectivity index (χ0v) is 13.4. The van der Waals surface area contributed by atoms with Crippen molar-refractivity contribution in [3.8, 4) is 0 Å². The molecule has 0 spiro atoms. The van der Waals surface area contributed by atoms with Crippen LogP contribution in [-0.2, 0) is 0 Å². The largest absolute Gasteiger partial charge is 0.335 e. The third-order valence-electron chi connectivity index (χ3n) is 3.92. The zero-order valence-electron chi connectivity index (χ0n) is 11.8. The van der Waals surface area contributed by atoms with Crippen LogP contribution in [0.1, 0.15) is 16.6 Å². The second kappa shape index (κ2) is 5.09. The van der Waals surface area contributed by atoms with Gasteiger partial charge in [0.25, 0.3) is 5.91 Å². The lowest BCUT2D eigenvalue weighted by Gasteiger charge is -2.31. The third-order valence-corrected chi connectivity index (χ3v) is 6.32. The van der Waals surface area contributed by atoms with E-state index in [0.29, 0.717) is 6.04 Å². The lowest BCUT2D eigenvalue weighted by atomic mass is 10.2. The molecule has 1 aromatic carbocycles. The number of fused-ring (bicyclic) bond motifs is 3. The first-order valence-electron chi connectivity index (χ1n) is 7.16. The smallest absolute Gasteiger partial charge is 0.264 e. The molecule has 0 radical (unpaired) electrons. The summed E-state index contributed by atoms with van der Waals surface area (Å²) < 4.78 is 3.78. The highest BCUT2D eigenvalue weighted by molar-refractivity contribution is 7.33. The number of nitrogens with one attached hydrogen (secondary N) is 1. The molecule has 1 amide bonds. The molecule has 1 unspecified atom stereocenters. The number of rotatable bonds is 1. The van der Waals surface area contributed by atoms with E-state index in [-0.39, 0.29) is 5.91 Å². The molecule has 1 fully saturated rings. The first kappa shape index (κ1) is 13.2. The van der Waals surface area contributed by atoms with Gasteiger partial charge >= 0.3 is 0 Å². The van der Waals surface area contributed by atoms with E-state index in [1.807, 2.05) is 4.90 Å². The quantitative estimate of drug-likeness (QED) is 0.744.